The number of aromatic nitrogens is 1. The first kappa shape index (κ1) is 18.2. The van der Waals surface area contributed by atoms with E-state index in [9.17, 15) is 0 Å². The third kappa shape index (κ3) is 4.40. The summed E-state index contributed by atoms with van der Waals surface area (Å²) in [7, 11) is 0. The average molecular weight is 422 g/mol. The SMILES string of the molecule is Brc1cccc(C2(Nc3ccccc3)CCN(Cc3ccccc3)CC2)n1. The Bertz CT molecular complexity index is 859. The minimum atomic E-state index is -0.141. The molecule has 1 aliphatic rings. The lowest BCUT2D eigenvalue weighted by atomic mass is 9.83. The highest BCUT2D eigenvalue weighted by Crippen LogP contribution is 2.36. The molecule has 0 bridgehead atoms. The van der Waals surface area contributed by atoms with Crippen LogP contribution < -0.4 is 5.32 Å². The van der Waals surface area contributed by atoms with Gasteiger partial charge < -0.3 is 5.32 Å². The van der Waals surface area contributed by atoms with Gasteiger partial charge in [0, 0.05) is 25.3 Å². The molecule has 4 heteroatoms. The largest absolute Gasteiger partial charge is 0.374 e. The van der Waals surface area contributed by atoms with Crippen molar-refractivity contribution < 1.29 is 0 Å². The molecule has 0 atom stereocenters. The predicted octanol–water partition coefficient (Wildman–Crippen LogP) is 5.45. The monoisotopic (exact) mass is 421 g/mol. The molecule has 138 valence electrons. The maximum atomic E-state index is 4.81. The Morgan fingerprint density at radius 3 is 2.19 bits per heavy atom. The van der Waals surface area contributed by atoms with Crippen molar-refractivity contribution in [2.75, 3.05) is 18.4 Å². The van der Waals surface area contributed by atoms with Crippen LogP contribution in [-0.4, -0.2) is 23.0 Å². The smallest absolute Gasteiger partial charge is 0.106 e. The van der Waals surface area contributed by atoms with E-state index in [1.54, 1.807) is 0 Å². The minimum absolute atomic E-state index is 0.141. The number of benzene rings is 2. The number of halogens is 1. The molecule has 0 unspecified atom stereocenters. The fourth-order valence-corrected chi connectivity index (χ4v) is 4.20. The van der Waals surface area contributed by atoms with Crippen molar-refractivity contribution in [2.45, 2.75) is 24.9 Å². The number of hydrogen-bond acceptors (Lipinski definition) is 3. The van der Waals surface area contributed by atoms with Crippen LogP contribution in [0.25, 0.3) is 0 Å². The molecule has 1 N–H and O–H groups in total. The maximum absolute atomic E-state index is 4.81. The number of rotatable bonds is 5. The molecule has 27 heavy (non-hydrogen) atoms. The molecule has 0 radical (unpaired) electrons. The first-order valence-corrected chi connectivity index (χ1v) is 10.3. The summed E-state index contributed by atoms with van der Waals surface area (Å²) >= 11 is 3.55. The van der Waals surface area contributed by atoms with Gasteiger partial charge in [0.15, 0.2) is 0 Å². The minimum Gasteiger partial charge on any atom is -0.374 e. The van der Waals surface area contributed by atoms with E-state index in [0.29, 0.717) is 0 Å². The molecule has 3 nitrogen and oxygen atoms in total. The Kier molecular flexibility index (Phi) is 5.55. The molecule has 0 aliphatic carbocycles. The highest BCUT2D eigenvalue weighted by Gasteiger charge is 2.37. The summed E-state index contributed by atoms with van der Waals surface area (Å²) in [6, 6.07) is 27.4. The molecule has 3 aromatic rings. The van der Waals surface area contributed by atoms with Gasteiger partial charge in [-0.05, 0) is 58.6 Å². The van der Waals surface area contributed by atoms with E-state index in [2.05, 4.69) is 98.9 Å². The van der Waals surface area contributed by atoms with Gasteiger partial charge in [0.2, 0.25) is 0 Å². The lowest BCUT2D eigenvalue weighted by Crippen LogP contribution is -2.47. The van der Waals surface area contributed by atoms with Gasteiger partial charge in [-0.3, -0.25) is 4.90 Å². The Morgan fingerprint density at radius 2 is 1.52 bits per heavy atom. The van der Waals surface area contributed by atoms with Crippen LogP contribution in [0.4, 0.5) is 5.69 Å². The van der Waals surface area contributed by atoms with Crippen molar-refractivity contribution in [1.82, 2.24) is 9.88 Å². The van der Waals surface area contributed by atoms with Crippen LogP contribution >= 0.6 is 15.9 Å². The molecule has 0 saturated carbocycles. The third-order valence-electron chi connectivity index (χ3n) is 5.32. The fourth-order valence-electron chi connectivity index (χ4n) is 3.85. The van der Waals surface area contributed by atoms with Crippen LogP contribution in [-0.2, 0) is 12.1 Å². The molecule has 0 amide bonds. The first-order chi connectivity index (χ1) is 13.2. The number of hydrogen-bond donors (Lipinski definition) is 1. The van der Waals surface area contributed by atoms with Gasteiger partial charge in [0.05, 0.1) is 11.2 Å². The zero-order valence-electron chi connectivity index (χ0n) is 15.3. The van der Waals surface area contributed by atoms with E-state index in [4.69, 9.17) is 4.98 Å². The number of nitrogens with zero attached hydrogens (tertiary/aromatic N) is 2. The van der Waals surface area contributed by atoms with Gasteiger partial charge in [0.25, 0.3) is 0 Å². The van der Waals surface area contributed by atoms with Crippen molar-refractivity contribution in [3.05, 3.63) is 94.7 Å². The summed E-state index contributed by atoms with van der Waals surface area (Å²) in [4.78, 5) is 7.35. The molecule has 1 aliphatic heterocycles. The molecule has 0 spiro atoms. The van der Waals surface area contributed by atoms with E-state index in [1.807, 2.05) is 6.07 Å². The maximum Gasteiger partial charge on any atom is 0.106 e. The predicted molar refractivity (Wildman–Crippen MR) is 115 cm³/mol. The van der Waals surface area contributed by atoms with E-state index >= 15 is 0 Å². The Labute approximate surface area is 169 Å². The molecule has 1 aromatic heterocycles. The zero-order valence-corrected chi connectivity index (χ0v) is 16.9. The Hall–Kier alpha value is -2.17. The fraction of sp³-hybridized carbons (Fsp3) is 0.261. The van der Waals surface area contributed by atoms with Crippen molar-refractivity contribution >= 4 is 21.6 Å². The summed E-state index contributed by atoms with van der Waals surface area (Å²) in [6.45, 7) is 3.10. The van der Waals surface area contributed by atoms with Gasteiger partial charge in [-0.25, -0.2) is 4.98 Å². The first-order valence-electron chi connectivity index (χ1n) is 9.46. The van der Waals surface area contributed by atoms with Gasteiger partial charge in [-0.15, -0.1) is 0 Å². The van der Waals surface area contributed by atoms with E-state index in [0.717, 1.165) is 48.5 Å². The van der Waals surface area contributed by atoms with Gasteiger partial charge in [-0.1, -0.05) is 54.6 Å². The number of nitrogens with one attached hydrogen (secondary N) is 1. The van der Waals surface area contributed by atoms with Crippen molar-refractivity contribution in [2.24, 2.45) is 0 Å². The molecule has 4 rings (SSSR count). The summed E-state index contributed by atoms with van der Waals surface area (Å²) in [5, 5.41) is 3.81. The van der Waals surface area contributed by atoms with Crippen LogP contribution in [0.15, 0.2) is 83.5 Å². The van der Waals surface area contributed by atoms with Crippen LogP contribution in [0, 0.1) is 0 Å². The van der Waals surface area contributed by atoms with Crippen LogP contribution in [0.2, 0.25) is 0 Å². The van der Waals surface area contributed by atoms with Gasteiger partial charge in [-0.2, -0.15) is 0 Å². The van der Waals surface area contributed by atoms with Crippen LogP contribution in [0.1, 0.15) is 24.1 Å². The number of anilines is 1. The van der Waals surface area contributed by atoms with Crippen LogP contribution in [0.3, 0.4) is 0 Å². The number of likely N-dealkylation sites (tertiary alicyclic amines) is 1. The summed E-state index contributed by atoms with van der Waals surface area (Å²) in [5.74, 6) is 0. The number of pyridine rings is 1. The van der Waals surface area contributed by atoms with Crippen molar-refractivity contribution in [3.8, 4) is 0 Å². The van der Waals surface area contributed by atoms with Crippen molar-refractivity contribution in [1.29, 1.82) is 0 Å². The molecular formula is C23H24BrN3. The van der Waals surface area contributed by atoms with Gasteiger partial charge in [0.1, 0.15) is 4.60 Å². The quantitative estimate of drug-likeness (QED) is 0.555. The van der Waals surface area contributed by atoms with E-state index < -0.39 is 0 Å². The summed E-state index contributed by atoms with van der Waals surface area (Å²) in [6.07, 6.45) is 2.05. The zero-order chi connectivity index (χ0) is 18.5. The van der Waals surface area contributed by atoms with Crippen molar-refractivity contribution in [3.63, 3.8) is 0 Å². The molecule has 1 saturated heterocycles. The molecule has 2 aromatic carbocycles. The standard InChI is InChI=1S/C23H24BrN3/c24-22-13-7-12-21(25-22)23(26-20-10-5-2-6-11-20)14-16-27(17-15-23)18-19-8-3-1-4-9-19/h1-13,26H,14-18H2. The second kappa shape index (κ2) is 8.24. The second-order valence-corrected chi connectivity index (χ2v) is 7.99. The normalized spacial score (nSPS) is 16.8. The molecular weight excluding hydrogens is 398 g/mol. The third-order valence-corrected chi connectivity index (χ3v) is 5.76. The number of piperidine rings is 1. The summed E-state index contributed by atoms with van der Waals surface area (Å²) < 4.78 is 0.890. The summed E-state index contributed by atoms with van der Waals surface area (Å²) in [5.41, 5.74) is 3.50. The lowest BCUT2D eigenvalue weighted by molar-refractivity contribution is 0.164. The van der Waals surface area contributed by atoms with E-state index in [-0.39, 0.29) is 5.54 Å². The average Bonchev–Trinajstić information content (AvgIpc) is 2.71. The second-order valence-electron chi connectivity index (χ2n) is 7.18. The van der Waals surface area contributed by atoms with Crippen LogP contribution in [0.5, 0.6) is 0 Å². The highest BCUT2D eigenvalue weighted by atomic mass is 79.9. The topological polar surface area (TPSA) is 28.2 Å². The molecule has 1 fully saturated rings. The molecule has 2 heterocycles. The van der Waals surface area contributed by atoms with E-state index in [1.165, 1.54) is 5.56 Å². The lowest BCUT2D eigenvalue weighted by Gasteiger charge is -2.43. The number of para-hydroxylation sites is 1. The Morgan fingerprint density at radius 1 is 0.852 bits per heavy atom. The highest BCUT2D eigenvalue weighted by molar-refractivity contribution is 9.10. The Balaban J connectivity index is 1.55. The van der Waals surface area contributed by atoms with Gasteiger partial charge >= 0.3 is 0 Å².